The van der Waals surface area contributed by atoms with E-state index in [1.807, 2.05) is 6.92 Å². The van der Waals surface area contributed by atoms with Crippen LogP contribution in [0.25, 0.3) is 0 Å². The highest BCUT2D eigenvalue weighted by Crippen LogP contribution is 2.27. The van der Waals surface area contributed by atoms with Gasteiger partial charge in [0, 0.05) is 10.9 Å². The van der Waals surface area contributed by atoms with Crippen LogP contribution in [-0.2, 0) is 6.42 Å². The molecule has 0 aliphatic rings. The van der Waals surface area contributed by atoms with E-state index < -0.39 is 0 Å². The van der Waals surface area contributed by atoms with Crippen LogP contribution in [0.5, 0.6) is 0 Å². The summed E-state index contributed by atoms with van der Waals surface area (Å²) in [6.45, 7) is 4.12. The summed E-state index contributed by atoms with van der Waals surface area (Å²) in [6.07, 6.45) is 2.43. The number of aromatic nitrogens is 3. The number of hydrogen-bond donors (Lipinski definition) is 2. The molecule has 0 bridgehead atoms. The summed E-state index contributed by atoms with van der Waals surface area (Å²) in [7, 11) is 0. The zero-order chi connectivity index (χ0) is 12.3. The third-order valence-electron chi connectivity index (χ3n) is 2.40. The maximum absolute atomic E-state index is 5.79. The molecular weight excluding hydrogens is 232 g/mol. The highest BCUT2D eigenvalue weighted by molar-refractivity contribution is 7.99. The molecule has 1 aromatic carbocycles. The lowest BCUT2D eigenvalue weighted by atomic mass is 10.1. The summed E-state index contributed by atoms with van der Waals surface area (Å²) < 4.78 is 0. The lowest BCUT2D eigenvalue weighted by molar-refractivity contribution is 0.737. The molecule has 0 spiro atoms. The van der Waals surface area contributed by atoms with Gasteiger partial charge in [-0.2, -0.15) is 5.10 Å². The van der Waals surface area contributed by atoms with Crippen molar-refractivity contribution in [3.05, 3.63) is 35.7 Å². The number of benzene rings is 1. The van der Waals surface area contributed by atoms with Crippen LogP contribution in [-0.4, -0.2) is 21.2 Å². The monoisotopic (exact) mass is 248 g/mol. The van der Waals surface area contributed by atoms with E-state index in [0.29, 0.717) is 0 Å². The Hall–Kier alpha value is -1.33. The van der Waals surface area contributed by atoms with Crippen molar-refractivity contribution in [1.82, 2.24) is 15.2 Å². The zero-order valence-electron chi connectivity index (χ0n) is 9.97. The first-order chi connectivity index (χ1) is 8.15. The lowest BCUT2D eigenvalue weighted by Crippen LogP contribution is -2.17. The largest absolute Gasteiger partial charge is 0.328 e. The fraction of sp³-hybridized carbons (Fsp3) is 0.333. The lowest BCUT2D eigenvalue weighted by Gasteiger charge is -2.08. The fourth-order valence-corrected chi connectivity index (χ4v) is 2.43. The van der Waals surface area contributed by atoms with Gasteiger partial charge in [-0.25, -0.2) is 4.98 Å². The van der Waals surface area contributed by atoms with Gasteiger partial charge < -0.3 is 5.73 Å². The Balaban J connectivity index is 2.14. The van der Waals surface area contributed by atoms with Crippen molar-refractivity contribution in [3.63, 3.8) is 0 Å². The molecular formula is C12H16N4S. The molecule has 3 N–H and O–H groups in total. The first-order valence-electron chi connectivity index (χ1n) is 5.53. The van der Waals surface area contributed by atoms with E-state index in [0.717, 1.165) is 11.6 Å². The normalized spacial score (nSPS) is 12.6. The Morgan fingerprint density at radius 2 is 2.29 bits per heavy atom. The first-order valence-corrected chi connectivity index (χ1v) is 6.35. The Morgan fingerprint density at radius 3 is 2.88 bits per heavy atom. The molecule has 0 aliphatic heterocycles. The van der Waals surface area contributed by atoms with Gasteiger partial charge in [-0.05, 0) is 37.5 Å². The maximum atomic E-state index is 5.79. The average Bonchev–Trinajstić information content (AvgIpc) is 2.74. The van der Waals surface area contributed by atoms with E-state index in [9.17, 15) is 0 Å². The Morgan fingerprint density at radius 1 is 1.47 bits per heavy atom. The van der Waals surface area contributed by atoms with Crippen LogP contribution >= 0.6 is 11.8 Å². The minimum atomic E-state index is 0.196. The molecule has 1 unspecified atom stereocenters. The third kappa shape index (κ3) is 3.31. The molecule has 5 heteroatoms. The van der Waals surface area contributed by atoms with Crippen molar-refractivity contribution in [2.24, 2.45) is 5.73 Å². The van der Waals surface area contributed by atoms with Crippen molar-refractivity contribution >= 4 is 11.8 Å². The zero-order valence-corrected chi connectivity index (χ0v) is 10.8. The van der Waals surface area contributed by atoms with Crippen LogP contribution in [0.3, 0.4) is 0 Å². The number of rotatable bonds is 4. The number of aromatic amines is 1. The summed E-state index contributed by atoms with van der Waals surface area (Å²) >= 11 is 1.59. The predicted octanol–water partition coefficient (Wildman–Crippen LogP) is 2.15. The minimum absolute atomic E-state index is 0.196. The molecule has 0 aliphatic carbocycles. The second kappa shape index (κ2) is 5.33. The highest BCUT2D eigenvalue weighted by atomic mass is 32.2. The highest BCUT2D eigenvalue weighted by Gasteiger charge is 2.05. The molecule has 2 rings (SSSR count). The standard InChI is InChI=1S/C12H16N4S/c1-8-5-10(6-9(2)13)3-4-11(8)17-12-14-7-15-16-12/h3-5,7,9H,6,13H2,1-2H3,(H,14,15,16). The van der Waals surface area contributed by atoms with Gasteiger partial charge in [0.2, 0.25) is 0 Å². The molecule has 2 aromatic rings. The van der Waals surface area contributed by atoms with Crippen LogP contribution in [0, 0.1) is 6.92 Å². The molecule has 0 fully saturated rings. The predicted molar refractivity (Wildman–Crippen MR) is 69.0 cm³/mol. The number of aryl methyl sites for hydroxylation is 1. The van der Waals surface area contributed by atoms with Crippen LogP contribution < -0.4 is 5.73 Å². The number of H-pyrrole nitrogens is 1. The third-order valence-corrected chi connectivity index (χ3v) is 3.46. The first kappa shape index (κ1) is 12.1. The van der Waals surface area contributed by atoms with Gasteiger partial charge in [-0.1, -0.05) is 23.9 Å². The summed E-state index contributed by atoms with van der Waals surface area (Å²) in [5, 5.41) is 7.49. The van der Waals surface area contributed by atoms with Gasteiger partial charge in [0.1, 0.15) is 6.33 Å². The molecule has 1 heterocycles. The number of nitrogens with one attached hydrogen (secondary N) is 1. The Bertz CT molecular complexity index is 479. The molecule has 0 amide bonds. The SMILES string of the molecule is Cc1cc(CC(C)N)ccc1Sc1ncn[nH]1. The molecule has 17 heavy (non-hydrogen) atoms. The molecule has 1 aromatic heterocycles. The van der Waals surface area contributed by atoms with Crippen molar-refractivity contribution in [1.29, 1.82) is 0 Å². The summed E-state index contributed by atoms with van der Waals surface area (Å²) in [4.78, 5) is 5.29. The molecule has 0 radical (unpaired) electrons. The fourth-order valence-electron chi connectivity index (χ4n) is 1.67. The molecule has 4 nitrogen and oxygen atoms in total. The minimum Gasteiger partial charge on any atom is -0.328 e. The van der Waals surface area contributed by atoms with Gasteiger partial charge >= 0.3 is 0 Å². The molecule has 1 atom stereocenters. The van der Waals surface area contributed by atoms with Crippen LogP contribution in [0.15, 0.2) is 34.6 Å². The van der Waals surface area contributed by atoms with Gasteiger partial charge in [0.15, 0.2) is 5.16 Å². The Kier molecular flexibility index (Phi) is 3.81. The van der Waals surface area contributed by atoms with E-state index in [2.05, 4.69) is 40.3 Å². The number of nitrogens with zero attached hydrogens (tertiary/aromatic N) is 2. The summed E-state index contributed by atoms with van der Waals surface area (Å²) in [5.41, 5.74) is 8.31. The van der Waals surface area contributed by atoms with E-state index in [4.69, 9.17) is 5.73 Å². The van der Waals surface area contributed by atoms with Crippen molar-refractivity contribution in [2.45, 2.75) is 36.4 Å². The van der Waals surface area contributed by atoms with Crippen molar-refractivity contribution < 1.29 is 0 Å². The summed E-state index contributed by atoms with van der Waals surface area (Å²) in [6, 6.07) is 6.61. The number of nitrogens with two attached hydrogens (primary N) is 1. The second-order valence-corrected chi connectivity index (χ2v) is 5.20. The van der Waals surface area contributed by atoms with E-state index in [1.54, 1.807) is 11.8 Å². The topological polar surface area (TPSA) is 67.6 Å². The Labute approximate surface area is 105 Å². The van der Waals surface area contributed by atoms with Crippen LogP contribution in [0.2, 0.25) is 0 Å². The quantitative estimate of drug-likeness (QED) is 0.870. The maximum Gasteiger partial charge on any atom is 0.188 e. The number of hydrogen-bond acceptors (Lipinski definition) is 4. The van der Waals surface area contributed by atoms with E-state index >= 15 is 0 Å². The van der Waals surface area contributed by atoms with E-state index in [1.165, 1.54) is 22.3 Å². The van der Waals surface area contributed by atoms with Gasteiger partial charge in [0.25, 0.3) is 0 Å². The van der Waals surface area contributed by atoms with Crippen LogP contribution in [0.4, 0.5) is 0 Å². The molecule has 0 saturated carbocycles. The van der Waals surface area contributed by atoms with Crippen molar-refractivity contribution in [3.8, 4) is 0 Å². The molecule has 90 valence electrons. The van der Waals surface area contributed by atoms with Gasteiger partial charge in [-0.3, -0.25) is 5.10 Å². The van der Waals surface area contributed by atoms with Crippen molar-refractivity contribution in [2.75, 3.05) is 0 Å². The smallest absolute Gasteiger partial charge is 0.188 e. The second-order valence-electron chi connectivity index (χ2n) is 4.17. The van der Waals surface area contributed by atoms with Gasteiger partial charge in [-0.15, -0.1) is 0 Å². The molecule has 0 saturated heterocycles. The summed E-state index contributed by atoms with van der Waals surface area (Å²) in [5.74, 6) is 0. The van der Waals surface area contributed by atoms with E-state index in [-0.39, 0.29) is 6.04 Å². The van der Waals surface area contributed by atoms with Gasteiger partial charge in [0.05, 0.1) is 0 Å². The van der Waals surface area contributed by atoms with Crippen LogP contribution in [0.1, 0.15) is 18.1 Å². The average molecular weight is 248 g/mol.